The second-order valence-corrected chi connectivity index (χ2v) is 12.1. The van der Waals surface area contributed by atoms with Gasteiger partial charge >= 0.3 is 5.97 Å². The first-order valence-corrected chi connectivity index (χ1v) is 15.2. The molecule has 0 fully saturated rings. The van der Waals surface area contributed by atoms with Crippen molar-refractivity contribution in [3.05, 3.63) is 128 Å². The molecule has 0 N–H and O–H groups in total. The molecule has 10 heteroatoms. The molecule has 1 atom stereocenters. The minimum absolute atomic E-state index is 0.211. The highest BCUT2D eigenvalue weighted by Crippen LogP contribution is 2.36. The van der Waals surface area contributed by atoms with Crippen molar-refractivity contribution in [2.75, 3.05) is 6.61 Å². The third-order valence-electron chi connectivity index (χ3n) is 6.25. The van der Waals surface area contributed by atoms with E-state index in [1.807, 2.05) is 60.7 Å². The van der Waals surface area contributed by atoms with Crippen molar-refractivity contribution in [1.82, 2.24) is 4.57 Å². The third-order valence-corrected chi connectivity index (χ3v) is 8.66. The summed E-state index contributed by atoms with van der Waals surface area (Å²) in [5.41, 5.74) is 3.17. The van der Waals surface area contributed by atoms with Crippen molar-refractivity contribution >= 4 is 66.8 Å². The summed E-state index contributed by atoms with van der Waals surface area (Å²) in [6, 6.07) is 20.1. The quantitative estimate of drug-likeness (QED) is 0.205. The van der Waals surface area contributed by atoms with Crippen LogP contribution >= 0.6 is 54.8 Å². The van der Waals surface area contributed by atoms with Crippen LogP contribution in [-0.4, -0.2) is 17.1 Å². The van der Waals surface area contributed by atoms with Crippen LogP contribution in [0.1, 0.15) is 36.6 Å². The van der Waals surface area contributed by atoms with Gasteiger partial charge in [-0.1, -0.05) is 65.4 Å². The molecule has 0 amide bonds. The summed E-state index contributed by atoms with van der Waals surface area (Å²) in [5.74, 6) is 0.164. The summed E-state index contributed by atoms with van der Waals surface area (Å²) in [6.07, 6.45) is 1.81. The van der Waals surface area contributed by atoms with Crippen molar-refractivity contribution in [3.8, 4) is 5.75 Å². The number of hydrogen-bond acceptors (Lipinski definition) is 6. The van der Waals surface area contributed by atoms with Crippen molar-refractivity contribution in [1.29, 1.82) is 0 Å². The minimum atomic E-state index is -0.693. The summed E-state index contributed by atoms with van der Waals surface area (Å²) in [7, 11) is 0. The first-order valence-electron chi connectivity index (χ1n) is 12.4. The number of thiazole rings is 1. The van der Waals surface area contributed by atoms with Gasteiger partial charge in [0, 0.05) is 5.02 Å². The van der Waals surface area contributed by atoms with Gasteiger partial charge in [0.15, 0.2) is 4.80 Å². The highest BCUT2D eigenvalue weighted by atomic mass is 79.9. The fourth-order valence-electron chi connectivity index (χ4n) is 4.43. The number of carbonyl (C=O) groups excluding carboxylic acids is 1. The molecular formula is C30H23Br2ClN2O4S. The molecule has 5 rings (SSSR count). The highest BCUT2D eigenvalue weighted by molar-refractivity contribution is 9.11. The zero-order valence-electron chi connectivity index (χ0n) is 21.5. The van der Waals surface area contributed by atoms with Gasteiger partial charge in [0.25, 0.3) is 5.56 Å². The van der Waals surface area contributed by atoms with E-state index in [0.717, 1.165) is 25.6 Å². The third kappa shape index (κ3) is 5.88. The lowest BCUT2D eigenvalue weighted by atomic mass is 9.96. The number of aromatic nitrogens is 1. The molecule has 204 valence electrons. The Labute approximate surface area is 256 Å². The van der Waals surface area contributed by atoms with E-state index in [0.29, 0.717) is 38.0 Å². The minimum Gasteiger partial charge on any atom is -0.487 e. The zero-order valence-corrected chi connectivity index (χ0v) is 26.2. The molecule has 1 aliphatic heterocycles. The number of hydrogen-bond donors (Lipinski definition) is 0. The monoisotopic (exact) mass is 700 g/mol. The van der Waals surface area contributed by atoms with E-state index < -0.39 is 12.0 Å². The van der Waals surface area contributed by atoms with Crippen LogP contribution in [0.3, 0.4) is 0 Å². The smallest absolute Gasteiger partial charge is 0.338 e. The summed E-state index contributed by atoms with van der Waals surface area (Å²) >= 11 is 14.6. The number of esters is 1. The first kappa shape index (κ1) is 28.5. The van der Waals surface area contributed by atoms with E-state index in [9.17, 15) is 9.59 Å². The lowest BCUT2D eigenvalue weighted by Gasteiger charge is -2.24. The van der Waals surface area contributed by atoms with Gasteiger partial charge in [0.1, 0.15) is 12.4 Å². The summed E-state index contributed by atoms with van der Waals surface area (Å²) in [6.45, 7) is 4.13. The van der Waals surface area contributed by atoms with Gasteiger partial charge < -0.3 is 9.47 Å². The molecular weight excluding hydrogens is 680 g/mol. The normalized spacial score (nSPS) is 15.0. The molecule has 6 nitrogen and oxygen atoms in total. The molecule has 0 aliphatic carbocycles. The maximum Gasteiger partial charge on any atom is 0.338 e. The van der Waals surface area contributed by atoms with Crippen LogP contribution in [0.15, 0.2) is 96.7 Å². The molecule has 0 bridgehead atoms. The van der Waals surface area contributed by atoms with E-state index in [4.69, 9.17) is 21.1 Å². The van der Waals surface area contributed by atoms with Gasteiger partial charge in [-0.3, -0.25) is 9.36 Å². The van der Waals surface area contributed by atoms with Gasteiger partial charge in [-0.2, -0.15) is 0 Å². The topological polar surface area (TPSA) is 69.9 Å². The molecule has 4 aromatic rings. The van der Waals surface area contributed by atoms with Crippen molar-refractivity contribution in [2.24, 2.45) is 4.99 Å². The van der Waals surface area contributed by atoms with Crippen molar-refractivity contribution in [3.63, 3.8) is 0 Å². The van der Waals surface area contributed by atoms with Crippen molar-refractivity contribution < 1.29 is 14.3 Å². The molecule has 0 radical (unpaired) electrons. The van der Waals surface area contributed by atoms with E-state index in [2.05, 4.69) is 36.9 Å². The number of carbonyl (C=O) groups is 1. The molecule has 3 aromatic carbocycles. The summed E-state index contributed by atoms with van der Waals surface area (Å²) in [5, 5.41) is 0.557. The maximum atomic E-state index is 13.8. The second kappa shape index (κ2) is 12.3. The fraction of sp³-hybridized carbons (Fsp3) is 0.167. The Bertz CT molecular complexity index is 1780. The number of allylic oxidation sites excluding steroid dienone is 1. The maximum absolute atomic E-state index is 13.8. The van der Waals surface area contributed by atoms with Crippen LogP contribution < -0.4 is 19.6 Å². The standard InChI is InChI=1S/C30H23Br2ClN2O4S/c1-3-38-29(37)25-17(2)34-30-35(26(25)20-9-11-21(33)12-10-20)28(36)24(40-30)15-19-13-22(31)27(23(32)14-19)39-16-18-7-5-4-6-8-18/h4-15,26H,3,16H2,1-2H3. The van der Waals surface area contributed by atoms with Crippen LogP contribution in [0.4, 0.5) is 0 Å². The Hall–Kier alpha value is -2.98. The Balaban J connectivity index is 1.56. The van der Waals surface area contributed by atoms with Crippen molar-refractivity contribution in [2.45, 2.75) is 26.5 Å². The van der Waals surface area contributed by atoms with Gasteiger partial charge in [-0.25, -0.2) is 9.79 Å². The zero-order chi connectivity index (χ0) is 28.4. The lowest BCUT2D eigenvalue weighted by molar-refractivity contribution is -0.139. The summed E-state index contributed by atoms with van der Waals surface area (Å²) < 4.78 is 14.9. The fourth-order valence-corrected chi connectivity index (χ4v) is 7.06. The molecule has 1 unspecified atom stereocenters. The number of rotatable bonds is 7. The molecule has 1 aliphatic rings. The SMILES string of the molecule is CCOC(=O)C1=C(C)N=c2sc(=Cc3cc(Br)c(OCc4ccccc4)c(Br)c3)c(=O)n2C1c1ccc(Cl)cc1. The van der Waals surface area contributed by atoms with Crippen LogP contribution in [0.5, 0.6) is 5.75 Å². The molecule has 0 saturated heterocycles. The van der Waals surface area contributed by atoms with E-state index in [-0.39, 0.29) is 12.2 Å². The predicted molar refractivity (Wildman–Crippen MR) is 164 cm³/mol. The van der Waals surface area contributed by atoms with Crippen LogP contribution in [0.25, 0.3) is 6.08 Å². The lowest BCUT2D eigenvalue weighted by Crippen LogP contribution is -2.39. The number of fused-ring (bicyclic) bond motifs is 1. The molecule has 0 saturated carbocycles. The van der Waals surface area contributed by atoms with E-state index >= 15 is 0 Å². The van der Waals surface area contributed by atoms with Gasteiger partial charge in [-0.15, -0.1) is 0 Å². The van der Waals surface area contributed by atoms with Crippen LogP contribution in [0.2, 0.25) is 5.02 Å². The van der Waals surface area contributed by atoms with Gasteiger partial charge in [-0.05, 0) is 92.7 Å². The Morgan fingerprint density at radius 1 is 1.10 bits per heavy atom. The Morgan fingerprint density at radius 2 is 1.77 bits per heavy atom. The van der Waals surface area contributed by atoms with E-state index in [1.165, 1.54) is 11.3 Å². The molecule has 2 heterocycles. The number of benzene rings is 3. The predicted octanol–water partition coefficient (Wildman–Crippen LogP) is 6.56. The number of ether oxygens (including phenoxy) is 2. The summed E-state index contributed by atoms with van der Waals surface area (Å²) in [4.78, 5) is 32.0. The molecule has 0 spiro atoms. The second-order valence-electron chi connectivity index (χ2n) is 8.94. The Morgan fingerprint density at radius 3 is 2.42 bits per heavy atom. The average Bonchev–Trinajstić information content (AvgIpc) is 3.22. The van der Waals surface area contributed by atoms with Crippen LogP contribution in [0, 0.1) is 0 Å². The highest BCUT2D eigenvalue weighted by Gasteiger charge is 2.33. The molecule has 1 aromatic heterocycles. The van der Waals surface area contributed by atoms with Crippen LogP contribution in [-0.2, 0) is 16.1 Å². The Kier molecular flexibility index (Phi) is 8.75. The average molecular weight is 703 g/mol. The van der Waals surface area contributed by atoms with E-state index in [1.54, 1.807) is 30.5 Å². The molecule has 40 heavy (non-hydrogen) atoms. The first-order chi connectivity index (χ1) is 19.3. The van der Waals surface area contributed by atoms with Gasteiger partial charge in [0.05, 0.1) is 37.4 Å². The number of nitrogens with zero attached hydrogens (tertiary/aromatic N) is 2. The number of halogens is 3. The largest absolute Gasteiger partial charge is 0.487 e. The van der Waals surface area contributed by atoms with Gasteiger partial charge in [0.2, 0.25) is 0 Å².